The van der Waals surface area contributed by atoms with Gasteiger partial charge >= 0.3 is 6.03 Å². The molecule has 3 amide bonds. The zero-order chi connectivity index (χ0) is 19.1. The Morgan fingerprint density at radius 1 is 1.22 bits per heavy atom. The zero-order valence-electron chi connectivity index (χ0n) is 15.6. The van der Waals surface area contributed by atoms with E-state index in [-0.39, 0.29) is 23.9 Å². The van der Waals surface area contributed by atoms with Crippen molar-refractivity contribution >= 4 is 23.3 Å². The number of carbonyl (C=O) groups excluding carboxylic acids is 2. The third-order valence-corrected chi connectivity index (χ3v) is 5.00. The normalized spacial score (nSPS) is 15.3. The number of hydrogen-bond acceptors (Lipinski definition) is 3. The molecule has 0 saturated heterocycles. The van der Waals surface area contributed by atoms with Gasteiger partial charge in [0.1, 0.15) is 0 Å². The van der Waals surface area contributed by atoms with Gasteiger partial charge in [0.2, 0.25) is 5.91 Å². The van der Waals surface area contributed by atoms with Crippen LogP contribution in [0.3, 0.4) is 0 Å². The van der Waals surface area contributed by atoms with Crippen LogP contribution >= 0.6 is 0 Å². The first-order valence-corrected chi connectivity index (χ1v) is 9.55. The van der Waals surface area contributed by atoms with Crippen LogP contribution in [0.15, 0.2) is 43.0 Å². The maximum atomic E-state index is 12.2. The minimum absolute atomic E-state index is 0.0718. The van der Waals surface area contributed by atoms with Gasteiger partial charge in [0.25, 0.3) is 0 Å². The molecule has 27 heavy (non-hydrogen) atoms. The second-order valence-corrected chi connectivity index (χ2v) is 7.08. The molecule has 1 fully saturated rings. The Morgan fingerprint density at radius 3 is 2.67 bits per heavy atom. The minimum atomic E-state index is -0.257. The summed E-state index contributed by atoms with van der Waals surface area (Å²) in [6.45, 7) is 2.64. The van der Waals surface area contributed by atoms with Gasteiger partial charge in [-0.1, -0.05) is 18.9 Å². The summed E-state index contributed by atoms with van der Waals surface area (Å²) >= 11 is 0. The average Bonchev–Trinajstić information content (AvgIpc) is 3.36. The first kappa shape index (κ1) is 18.9. The van der Waals surface area contributed by atoms with E-state index in [0.717, 1.165) is 32.1 Å². The van der Waals surface area contributed by atoms with Crippen molar-refractivity contribution in [2.24, 2.45) is 5.92 Å². The lowest BCUT2D eigenvalue weighted by Gasteiger charge is -2.14. The first-order valence-electron chi connectivity index (χ1n) is 9.55. The van der Waals surface area contributed by atoms with E-state index in [4.69, 9.17) is 0 Å². The van der Waals surface area contributed by atoms with Gasteiger partial charge in [-0.2, -0.15) is 0 Å². The summed E-state index contributed by atoms with van der Waals surface area (Å²) in [5, 5.41) is 8.62. The molecule has 1 saturated carbocycles. The zero-order valence-corrected chi connectivity index (χ0v) is 15.6. The molecular formula is C20H27N5O2. The van der Waals surface area contributed by atoms with Crippen LogP contribution in [0.1, 0.15) is 45.1 Å². The number of urea groups is 1. The number of rotatable bonds is 7. The van der Waals surface area contributed by atoms with Gasteiger partial charge in [-0.15, -0.1) is 0 Å². The molecule has 1 aromatic heterocycles. The van der Waals surface area contributed by atoms with E-state index < -0.39 is 0 Å². The Morgan fingerprint density at radius 2 is 1.96 bits per heavy atom. The van der Waals surface area contributed by atoms with Gasteiger partial charge in [-0.05, 0) is 44.4 Å². The van der Waals surface area contributed by atoms with Gasteiger partial charge in [-0.3, -0.25) is 4.79 Å². The maximum absolute atomic E-state index is 12.2. The van der Waals surface area contributed by atoms with Crippen LogP contribution in [-0.2, 0) is 4.79 Å². The second-order valence-electron chi connectivity index (χ2n) is 7.08. The number of aromatic nitrogens is 2. The van der Waals surface area contributed by atoms with Crippen molar-refractivity contribution in [1.29, 1.82) is 0 Å². The van der Waals surface area contributed by atoms with E-state index in [1.54, 1.807) is 24.7 Å². The number of nitrogens with one attached hydrogen (secondary N) is 3. The Bertz CT molecular complexity index is 753. The highest BCUT2D eigenvalue weighted by molar-refractivity contribution is 5.94. The monoisotopic (exact) mass is 369 g/mol. The smallest absolute Gasteiger partial charge is 0.319 e. The molecule has 1 aromatic carbocycles. The lowest BCUT2D eigenvalue weighted by Crippen LogP contribution is -2.30. The van der Waals surface area contributed by atoms with Crippen molar-refractivity contribution in [2.75, 3.05) is 17.2 Å². The summed E-state index contributed by atoms with van der Waals surface area (Å²) in [6, 6.07) is 7.25. The molecule has 144 valence electrons. The molecule has 3 rings (SSSR count). The molecule has 1 heterocycles. The van der Waals surface area contributed by atoms with Crippen LogP contribution in [0.2, 0.25) is 0 Å². The van der Waals surface area contributed by atoms with Crippen molar-refractivity contribution in [3.8, 4) is 0 Å². The van der Waals surface area contributed by atoms with Gasteiger partial charge in [0, 0.05) is 42.3 Å². The molecule has 1 aliphatic carbocycles. The van der Waals surface area contributed by atoms with Gasteiger partial charge < -0.3 is 20.5 Å². The van der Waals surface area contributed by atoms with Crippen LogP contribution in [0.25, 0.3) is 0 Å². The fraction of sp³-hybridized carbons (Fsp3) is 0.450. The van der Waals surface area contributed by atoms with Crippen LogP contribution in [-0.4, -0.2) is 28.0 Å². The Labute approximate surface area is 159 Å². The van der Waals surface area contributed by atoms with E-state index in [2.05, 4.69) is 27.9 Å². The van der Waals surface area contributed by atoms with Gasteiger partial charge in [0.15, 0.2) is 0 Å². The molecule has 0 bridgehead atoms. The predicted octanol–water partition coefficient (Wildman–Crippen LogP) is 3.78. The minimum Gasteiger partial charge on any atom is -0.338 e. The third kappa shape index (κ3) is 5.57. The van der Waals surface area contributed by atoms with Crippen LogP contribution in [0, 0.1) is 5.92 Å². The van der Waals surface area contributed by atoms with Gasteiger partial charge in [0.05, 0.1) is 6.33 Å². The topological polar surface area (TPSA) is 88.0 Å². The standard InChI is InChI=1S/C20H27N5O2/c1-15(25-12-11-21-14-25)9-10-22-20(27)24-18-8-4-7-17(13-18)23-19(26)16-5-2-3-6-16/h4,7-8,11-16H,2-3,5-6,9-10H2,1H3,(H,23,26)(H2,22,24,27). The number of imidazole rings is 1. The van der Waals surface area contributed by atoms with E-state index >= 15 is 0 Å². The lowest BCUT2D eigenvalue weighted by atomic mass is 10.1. The highest BCUT2D eigenvalue weighted by Gasteiger charge is 2.22. The SMILES string of the molecule is CC(CCNC(=O)Nc1cccc(NC(=O)C2CCCC2)c1)n1ccnc1. The second kappa shape index (κ2) is 9.21. The number of hydrogen-bond donors (Lipinski definition) is 3. The van der Waals surface area contributed by atoms with E-state index in [0.29, 0.717) is 17.9 Å². The number of carbonyl (C=O) groups is 2. The van der Waals surface area contributed by atoms with Crippen molar-refractivity contribution in [3.63, 3.8) is 0 Å². The molecule has 1 atom stereocenters. The lowest BCUT2D eigenvalue weighted by molar-refractivity contribution is -0.119. The molecule has 0 radical (unpaired) electrons. The molecule has 7 nitrogen and oxygen atoms in total. The number of benzene rings is 1. The van der Waals surface area contributed by atoms with Crippen molar-refractivity contribution in [2.45, 2.75) is 45.1 Å². The highest BCUT2D eigenvalue weighted by atomic mass is 16.2. The van der Waals surface area contributed by atoms with Crippen LogP contribution in [0.4, 0.5) is 16.2 Å². The Balaban J connectivity index is 1.44. The summed E-state index contributed by atoms with van der Waals surface area (Å²) in [5.74, 6) is 0.185. The first-order chi connectivity index (χ1) is 13.1. The quantitative estimate of drug-likeness (QED) is 0.694. The van der Waals surface area contributed by atoms with E-state index in [1.165, 1.54) is 0 Å². The molecular weight excluding hydrogens is 342 g/mol. The molecule has 0 aliphatic heterocycles. The molecule has 7 heteroatoms. The van der Waals surface area contributed by atoms with E-state index in [1.807, 2.05) is 22.9 Å². The number of anilines is 2. The predicted molar refractivity (Wildman–Crippen MR) is 106 cm³/mol. The van der Waals surface area contributed by atoms with E-state index in [9.17, 15) is 9.59 Å². The molecule has 1 aliphatic rings. The summed E-state index contributed by atoms with van der Waals surface area (Å²) in [5.41, 5.74) is 1.36. The average molecular weight is 369 g/mol. The molecule has 1 unspecified atom stereocenters. The fourth-order valence-corrected chi connectivity index (χ4v) is 3.36. The largest absolute Gasteiger partial charge is 0.338 e. The van der Waals surface area contributed by atoms with Gasteiger partial charge in [-0.25, -0.2) is 9.78 Å². The summed E-state index contributed by atoms with van der Waals surface area (Å²) in [6.07, 6.45) is 10.4. The molecule has 0 spiro atoms. The molecule has 3 N–H and O–H groups in total. The molecule has 2 aromatic rings. The Kier molecular flexibility index (Phi) is 6.46. The maximum Gasteiger partial charge on any atom is 0.319 e. The van der Waals surface area contributed by atoms with Crippen molar-refractivity contribution < 1.29 is 9.59 Å². The number of amides is 3. The summed E-state index contributed by atoms with van der Waals surface area (Å²) in [7, 11) is 0. The third-order valence-electron chi connectivity index (χ3n) is 5.00. The Hall–Kier alpha value is -2.83. The summed E-state index contributed by atoms with van der Waals surface area (Å²) in [4.78, 5) is 28.4. The number of nitrogens with zero attached hydrogens (tertiary/aromatic N) is 2. The van der Waals surface area contributed by atoms with Crippen molar-refractivity contribution in [3.05, 3.63) is 43.0 Å². The van der Waals surface area contributed by atoms with Crippen LogP contribution in [0.5, 0.6) is 0 Å². The summed E-state index contributed by atoms with van der Waals surface area (Å²) < 4.78 is 2.01. The fourth-order valence-electron chi connectivity index (χ4n) is 3.36. The highest BCUT2D eigenvalue weighted by Crippen LogP contribution is 2.26. The van der Waals surface area contributed by atoms with Crippen molar-refractivity contribution in [1.82, 2.24) is 14.9 Å². The van der Waals surface area contributed by atoms with Crippen LogP contribution < -0.4 is 16.0 Å².